The average molecular weight is 292 g/mol. The lowest BCUT2D eigenvalue weighted by Crippen LogP contribution is -2.50. The fourth-order valence-corrected chi connectivity index (χ4v) is 2.36. The molecule has 1 aliphatic heterocycles. The second-order valence-corrected chi connectivity index (χ2v) is 5.15. The van der Waals surface area contributed by atoms with Crippen molar-refractivity contribution in [2.24, 2.45) is 0 Å². The maximum absolute atomic E-state index is 12.0. The normalized spacial score (nSPS) is 16.1. The number of aromatic nitrogens is 1. The van der Waals surface area contributed by atoms with Crippen LogP contribution in [0.4, 0.5) is 0 Å². The van der Waals surface area contributed by atoms with Gasteiger partial charge in [0.25, 0.3) is 0 Å². The van der Waals surface area contributed by atoms with Gasteiger partial charge in [0.2, 0.25) is 5.91 Å². The quantitative estimate of drug-likeness (QED) is 0.715. The second-order valence-electron chi connectivity index (χ2n) is 5.15. The summed E-state index contributed by atoms with van der Waals surface area (Å²) in [7, 11) is 1.66. The van der Waals surface area contributed by atoms with Gasteiger partial charge in [0.05, 0.1) is 18.8 Å². The highest BCUT2D eigenvalue weighted by Gasteiger charge is 2.20. The summed E-state index contributed by atoms with van der Waals surface area (Å²) in [5.41, 5.74) is 1.08. The van der Waals surface area contributed by atoms with Crippen LogP contribution in [0.15, 0.2) is 24.4 Å². The molecule has 21 heavy (non-hydrogen) atoms. The van der Waals surface area contributed by atoms with Gasteiger partial charge in [-0.1, -0.05) is 6.07 Å². The van der Waals surface area contributed by atoms with Gasteiger partial charge in [-0.15, -0.1) is 0 Å². The Labute approximate surface area is 126 Å². The van der Waals surface area contributed by atoms with E-state index in [1.807, 2.05) is 29.3 Å². The highest BCUT2D eigenvalue weighted by molar-refractivity contribution is 5.78. The lowest BCUT2D eigenvalue weighted by molar-refractivity contribution is -0.132. The number of carbonyl (C=O) groups is 1. The molecule has 116 valence electrons. The van der Waals surface area contributed by atoms with Gasteiger partial charge in [-0.2, -0.15) is 0 Å². The van der Waals surface area contributed by atoms with E-state index in [4.69, 9.17) is 4.74 Å². The molecule has 0 spiro atoms. The minimum absolute atomic E-state index is 0.170. The van der Waals surface area contributed by atoms with Crippen molar-refractivity contribution < 1.29 is 9.53 Å². The Hall–Kier alpha value is -1.50. The topological polar surface area (TPSA) is 57.7 Å². The predicted molar refractivity (Wildman–Crippen MR) is 80.8 cm³/mol. The second kappa shape index (κ2) is 8.71. The van der Waals surface area contributed by atoms with Crippen molar-refractivity contribution in [2.45, 2.75) is 6.54 Å². The van der Waals surface area contributed by atoms with Crippen molar-refractivity contribution in [3.63, 3.8) is 0 Å². The molecule has 0 aromatic carbocycles. The summed E-state index contributed by atoms with van der Waals surface area (Å²) in [6.07, 6.45) is 1.82. The molecule has 1 aliphatic rings. The molecule has 6 nitrogen and oxygen atoms in total. The van der Waals surface area contributed by atoms with Crippen LogP contribution in [0, 0.1) is 0 Å². The standard InChI is InChI=1S/C15H24N4O2/c1-21-11-6-16-12-15(20)19-9-7-18(8-10-19)13-14-4-2-3-5-17-14/h2-5,16H,6-13H2,1H3. The Morgan fingerprint density at radius 2 is 2.14 bits per heavy atom. The molecule has 1 amide bonds. The number of hydrogen-bond acceptors (Lipinski definition) is 5. The highest BCUT2D eigenvalue weighted by Crippen LogP contribution is 2.06. The molecule has 1 fully saturated rings. The molecule has 2 rings (SSSR count). The van der Waals surface area contributed by atoms with Gasteiger partial charge in [-0.3, -0.25) is 14.7 Å². The molecule has 0 bridgehead atoms. The van der Waals surface area contributed by atoms with Crippen LogP contribution in [-0.4, -0.2) is 73.7 Å². The van der Waals surface area contributed by atoms with Crippen LogP contribution in [-0.2, 0) is 16.1 Å². The number of methoxy groups -OCH3 is 1. The number of nitrogens with zero attached hydrogens (tertiary/aromatic N) is 3. The first-order chi connectivity index (χ1) is 10.3. The number of hydrogen-bond donors (Lipinski definition) is 1. The number of rotatable bonds is 7. The molecular weight excluding hydrogens is 268 g/mol. The molecule has 0 unspecified atom stereocenters. The molecular formula is C15H24N4O2. The van der Waals surface area contributed by atoms with E-state index in [0.717, 1.165) is 38.4 Å². The van der Waals surface area contributed by atoms with Crippen LogP contribution in [0.3, 0.4) is 0 Å². The molecule has 0 atom stereocenters. The third kappa shape index (κ3) is 5.41. The third-order valence-electron chi connectivity index (χ3n) is 3.60. The maximum Gasteiger partial charge on any atom is 0.236 e. The molecule has 1 aromatic heterocycles. The van der Waals surface area contributed by atoms with Gasteiger partial charge < -0.3 is 15.0 Å². The summed E-state index contributed by atoms with van der Waals surface area (Å²) in [5.74, 6) is 0.170. The predicted octanol–water partition coefficient (Wildman–Crippen LogP) is -0.0382. The Bertz CT molecular complexity index is 419. The SMILES string of the molecule is COCCNCC(=O)N1CCN(Cc2ccccn2)CC1. The molecule has 2 heterocycles. The summed E-state index contributed by atoms with van der Waals surface area (Å²) in [5, 5.41) is 3.09. The van der Waals surface area contributed by atoms with E-state index in [0.29, 0.717) is 19.7 Å². The lowest BCUT2D eigenvalue weighted by Gasteiger charge is -2.34. The van der Waals surface area contributed by atoms with Crippen molar-refractivity contribution in [1.29, 1.82) is 0 Å². The minimum atomic E-state index is 0.170. The fourth-order valence-electron chi connectivity index (χ4n) is 2.36. The van der Waals surface area contributed by atoms with E-state index < -0.39 is 0 Å². The molecule has 6 heteroatoms. The van der Waals surface area contributed by atoms with Crippen LogP contribution in [0.25, 0.3) is 0 Å². The zero-order valence-electron chi connectivity index (χ0n) is 12.6. The molecule has 1 saturated heterocycles. The number of carbonyl (C=O) groups excluding carboxylic acids is 1. The van der Waals surface area contributed by atoms with Crippen molar-refractivity contribution >= 4 is 5.91 Å². The summed E-state index contributed by atoms with van der Waals surface area (Å²) in [4.78, 5) is 20.6. The Morgan fingerprint density at radius 3 is 2.81 bits per heavy atom. The van der Waals surface area contributed by atoms with Gasteiger partial charge >= 0.3 is 0 Å². The molecule has 0 radical (unpaired) electrons. The Balaban J connectivity index is 1.67. The first-order valence-corrected chi connectivity index (χ1v) is 7.39. The van der Waals surface area contributed by atoms with Crippen LogP contribution < -0.4 is 5.32 Å². The van der Waals surface area contributed by atoms with E-state index in [1.54, 1.807) is 7.11 Å². The van der Waals surface area contributed by atoms with Crippen LogP contribution in [0.5, 0.6) is 0 Å². The van der Waals surface area contributed by atoms with Gasteiger partial charge in [-0.25, -0.2) is 0 Å². The van der Waals surface area contributed by atoms with E-state index in [-0.39, 0.29) is 5.91 Å². The van der Waals surface area contributed by atoms with Gasteiger partial charge in [-0.05, 0) is 12.1 Å². The van der Waals surface area contributed by atoms with E-state index >= 15 is 0 Å². The third-order valence-corrected chi connectivity index (χ3v) is 3.60. The molecule has 0 aliphatic carbocycles. The van der Waals surface area contributed by atoms with Gasteiger partial charge in [0.15, 0.2) is 0 Å². The summed E-state index contributed by atoms with van der Waals surface area (Å²) in [6.45, 7) is 5.97. The number of pyridine rings is 1. The Morgan fingerprint density at radius 1 is 1.33 bits per heavy atom. The largest absolute Gasteiger partial charge is 0.383 e. The van der Waals surface area contributed by atoms with Gasteiger partial charge in [0, 0.05) is 52.6 Å². The van der Waals surface area contributed by atoms with Crippen molar-refractivity contribution in [2.75, 3.05) is 53.0 Å². The first-order valence-electron chi connectivity index (χ1n) is 7.39. The minimum Gasteiger partial charge on any atom is -0.383 e. The monoisotopic (exact) mass is 292 g/mol. The van der Waals surface area contributed by atoms with Crippen LogP contribution in [0.1, 0.15) is 5.69 Å². The Kier molecular flexibility index (Phi) is 6.59. The zero-order chi connectivity index (χ0) is 14.9. The molecule has 1 aromatic rings. The van der Waals surface area contributed by atoms with Crippen molar-refractivity contribution in [1.82, 2.24) is 20.1 Å². The number of ether oxygens (including phenoxy) is 1. The fraction of sp³-hybridized carbons (Fsp3) is 0.600. The van der Waals surface area contributed by atoms with Crippen LogP contribution >= 0.6 is 0 Å². The number of piperazine rings is 1. The average Bonchev–Trinajstić information content (AvgIpc) is 2.53. The van der Waals surface area contributed by atoms with Crippen molar-refractivity contribution in [3.8, 4) is 0 Å². The summed E-state index contributed by atoms with van der Waals surface area (Å²) in [6, 6.07) is 5.97. The summed E-state index contributed by atoms with van der Waals surface area (Å²) >= 11 is 0. The number of amides is 1. The zero-order valence-corrected chi connectivity index (χ0v) is 12.6. The summed E-state index contributed by atoms with van der Waals surface area (Å²) < 4.78 is 4.94. The lowest BCUT2D eigenvalue weighted by atomic mass is 10.2. The van der Waals surface area contributed by atoms with Crippen molar-refractivity contribution in [3.05, 3.63) is 30.1 Å². The van der Waals surface area contributed by atoms with E-state index in [2.05, 4.69) is 15.2 Å². The molecule has 1 N–H and O–H groups in total. The first kappa shape index (κ1) is 15.9. The smallest absolute Gasteiger partial charge is 0.236 e. The van der Waals surface area contributed by atoms with E-state index in [9.17, 15) is 4.79 Å². The maximum atomic E-state index is 12.0. The van der Waals surface area contributed by atoms with E-state index in [1.165, 1.54) is 0 Å². The van der Waals surface area contributed by atoms with Gasteiger partial charge in [0.1, 0.15) is 0 Å². The highest BCUT2D eigenvalue weighted by atomic mass is 16.5. The number of nitrogens with one attached hydrogen (secondary N) is 1. The van der Waals surface area contributed by atoms with Crippen LogP contribution in [0.2, 0.25) is 0 Å². The molecule has 0 saturated carbocycles.